The first-order chi connectivity index (χ1) is 26.4. The van der Waals surface area contributed by atoms with Gasteiger partial charge in [-0.25, -0.2) is 4.79 Å². The molecule has 4 aliphatic carbocycles. The zero-order chi connectivity index (χ0) is 40.5. The van der Waals surface area contributed by atoms with Crippen molar-refractivity contribution in [1.82, 2.24) is 0 Å². The minimum Gasteiger partial charge on any atom is -0.459 e. The summed E-state index contributed by atoms with van der Waals surface area (Å²) in [5.41, 5.74) is -4.26. The van der Waals surface area contributed by atoms with E-state index >= 15 is 0 Å². The Morgan fingerprint density at radius 1 is 0.857 bits per heavy atom. The van der Waals surface area contributed by atoms with Crippen LogP contribution in [-0.4, -0.2) is 151 Å². The highest BCUT2D eigenvalue weighted by molar-refractivity contribution is 5.89. The molecule has 0 radical (unpaired) electrons. The molecule has 316 valence electrons. The van der Waals surface area contributed by atoms with E-state index in [-0.39, 0.29) is 42.1 Å². The minimum atomic E-state index is -1.82. The fraction of sp³-hybridized carbons (Fsp3) is 0.829. The van der Waals surface area contributed by atoms with Crippen LogP contribution in [0.2, 0.25) is 0 Å². The average Bonchev–Trinajstić information content (AvgIpc) is 3.39. The Labute approximate surface area is 327 Å². The van der Waals surface area contributed by atoms with E-state index in [0.717, 1.165) is 0 Å². The monoisotopic (exact) mass is 794 g/mol. The molecule has 0 aromatic heterocycles. The molecule has 15 nitrogen and oxygen atoms in total. The molecule has 1 aromatic carbocycles. The average molecular weight is 795 g/mol. The van der Waals surface area contributed by atoms with E-state index in [1.54, 1.807) is 38.1 Å². The molecule has 2 saturated heterocycles. The predicted molar refractivity (Wildman–Crippen MR) is 195 cm³/mol. The molecular formula is C41H62O15. The summed E-state index contributed by atoms with van der Waals surface area (Å²) in [5, 5.41) is 89.2. The van der Waals surface area contributed by atoms with Crippen molar-refractivity contribution in [2.75, 3.05) is 13.7 Å². The van der Waals surface area contributed by atoms with Gasteiger partial charge >= 0.3 is 5.97 Å². The van der Waals surface area contributed by atoms with Crippen LogP contribution in [0.5, 0.6) is 0 Å². The largest absolute Gasteiger partial charge is 0.459 e. The van der Waals surface area contributed by atoms with Gasteiger partial charge in [0, 0.05) is 18.4 Å². The van der Waals surface area contributed by atoms with E-state index in [1.165, 1.54) is 7.11 Å². The first-order valence-electron chi connectivity index (χ1n) is 20.3. The third-order valence-electron chi connectivity index (χ3n) is 15.4. The van der Waals surface area contributed by atoms with Crippen molar-refractivity contribution in [2.24, 2.45) is 28.6 Å². The van der Waals surface area contributed by atoms with Crippen molar-refractivity contribution in [2.45, 2.75) is 170 Å². The molecule has 2 aliphatic heterocycles. The van der Waals surface area contributed by atoms with Crippen LogP contribution in [0.3, 0.4) is 0 Å². The summed E-state index contributed by atoms with van der Waals surface area (Å²) in [6, 6.07) is 8.73. The first kappa shape index (κ1) is 42.3. The lowest BCUT2D eigenvalue weighted by atomic mass is 9.41. The SMILES string of the molecule is CO[C@H]1[C@@H](O)[C@H](O[C@H]2CC[C@@]3(C)[C@@H](CC[C@]4(O)[C@@H]3CC[C@]3(C)[C@@H]([C@H](C)OC(=O)c5ccccc5)C[C@@H](O)[C@@]34O)C2)O[C@H](C)[C@@H]1O[C@@H]1O[C@H](CO)[C@H](O)[C@H](O)[C@H]1O. The number of fused-ring (bicyclic) bond motifs is 5. The maximum atomic E-state index is 13.0. The fourth-order valence-electron chi connectivity index (χ4n) is 12.2. The molecule has 8 N–H and O–H groups in total. The Hall–Kier alpha value is -1.83. The van der Waals surface area contributed by atoms with E-state index in [4.69, 9.17) is 28.4 Å². The summed E-state index contributed by atoms with van der Waals surface area (Å²) in [6.45, 7) is 6.98. The summed E-state index contributed by atoms with van der Waals surface area (Å²) in [4.78, 5) is 13.0. The number of ether oxygens (including phenoxy) is 6. The lowest BCUT2D eigenvalue weighted by Gasteiger charge is -2.67. The first-order valence-corrected chi connectivity index (χ1v) is 20.3. The molecule has 6 aliphatic rings. The third kappa shape index (κ3) is 6.57. The molecule has 0 unspecified atom stereocenters. The predicted octanol–water partition coefficient (Wildman–Crippen LogP) is 0.782. The third-order valence-corrected chi connectivity index (χ3v) is 15.4. The number of carbonyl (C=O) groups excluding carboxylic acids is 1. The lowest BCUT2D eigenvalue weighted by molar-refractivity contribution is -0.363. The van der Waals surface area contributed by atoms with Gasteiger partial charge in [0.1, 0.15) is 54.4 Å². The van der Waals surface area contributed by atoms with Crippen molar-refractivity contribution in [3.05, 3.63) is 35.9 Å². The van der Waals surface area contributed by atoms with Crippen LogP contribution in [-0.2, 0) is 28.4 Å². The molecule has 15 heteroatoms. The molecular weight excluding hydrogens is 732 g/mol. The molecule has 0 bridgehead atoms. The summed E-state index contributed by atoms with van der Waals surface area (Å²) in [5.74, 6) is -1.04. The van der Waals surface area contributed by atoms with Gasteiger partial charge in [-0.3, -0.25) is 0 Å². The summed E-state index contributed by atoms with van der Waals surface area (Å²) in [7, 11) is 1.40. The Morgan fingerprint density at radius 3 is 2.23 bits per heavy atom. The van der Waals surface area contributed by atoms with Crippen LogP contribution >= 0.6 is 0 Å². The standard InChI is InChI=1S/C41H62O15/c1-20(52-35(48)22-9-7-6-8-10-22)25-18-28(43)41(50)39(25,4)15-13-27-38(3)14-12-24(17-23(38)11-16-40(27,41)49)54-37-32(47)34(51-5)33(21(2)53-37)56-36-31(46)30(45)29(44)26(19-42)55-36/h6-10,20-21,23-34,36-37,42-47,49-50H,11-19H2,1-5H3/t20-,21+,23-,24-,25+,26+,27+,28+,29-,30-,31+,32+,33-,34-,36-,37-,38-,39+,40-,41+/m0/s1. The fourth-order valence-corrected chi connectivity index (χ4v) is 12.2. The normalized spacial score (nSPS) is 51.0. The van der Waals surface area contributed by atoms with E-state index in [1.807, 2.05) is 13.0 Å². The number of benzene rings is 1. The molecule has 0 spiro atoms. The highest BCUT2D eigenvalue weighted by Gasteiger charge is 2.77. The summed E-state index contributed by atoms with van der Waals surface area (Å²) in [6.07, 6.45) is -10.6. The number of aliphatic hydroxyl groups excluding tert-OH is 6. The number of rotatable bonds is 9. The van der Waals surface area contributed by atoms with Gasteiger partial charge in [0.15, 0.2) is 12.6 Å². The molecule has 6 fully saturated rings. The molecule has 1 aromatic rings. The van der Waals surface area contributed by atoms with Gasteiger partial charge < -0.3 is 69.3 Å². The summed E-state index contributed by atoms with van der Waals surface area (Å²) < 4.78 is 35.7. The van der Waals surface area contributed by atoms with Crippen LogP contribution in [0.15, 0.2) is 30.3 Å². The van der Waals surface area contributed by atoms with E-state index in [2.05, 4.69) is 6.92 Å². The number of hydrogen-bond acceptors (Lipinski definition) is 15. The molecule has 0 amide bonds. The van der Waals surface area contributed by atoms with Crippen molar-refractivity contribution >= 4 is 5.97 Å². The zero-order valence-electron chi connectivity index (χ0n) is 32.9. The van der Waals surface area contributed by atoms with Crippen LogP contribution in [0.25, 0.3) is 0 Å². The van der Waals surface area contributed by atoms with E-state index < -0.39 is 103 Å². The molecule has 20 atom stereocenters. The van der Waals surface area contributed by atoms with Crippen LogP contribution < -0.4 is 0 Å². The minimum absolute atomic E-state index is 0.109. The maximum absolute atomic E-state index is 13.0. The van der Waals surface area contributed by atoms with Crippen molar-refractivity contribution in [3.8, 4) is 0 Å². The van der Waals surface area contributed by atoms with Gasteiger partial charge in [0.25, 0.3) is 0 Å². The summed E-state index contributed by atoms with van der Waals surface area (Å²) >= 11 is 0. The lowest BCUT2D eigenvalue weighted by Crippen LogP contribution is -2.76. The van der Waals surface area contributed by atoms with E-state index in [0.29, 0.717) is 44.1 Å². The number of esters is 1. The second-order valence-corrected chi connectivity index (χ2v) is 18.0. The van der Waals surface area contributed by atoms with Gasteiger partial charge in [0.2, 0.25) is 0 Å². The smallest absolute Gasteiger partial charge is 0.338 e. The Morgan fingerprint density at radius 2 is 1.55 bits per heavy atom. The second-order valence-electron chi connectivity index (χ2n) is 18.0. The second kappa shape index (κ2) is 15.6. The maximum Gasteiger partial charge on any atom is 0.338 e. The van der Waals surface area contributed by atoms with Crippen molar-refractivity contribution < 1.29 is 74.1 Å². The number of carbonyl (C=O) groups is 1. The Bertz CT molecular complexity index is 1530. The van der Waals surface area contributed by atoms with Crippen LogP contribution in [0.4, 0.5) is 0 Å². The highest BCUT2D eigenvalue weighted by atomic mass is 16.7. The Kier molecular flexibility index (Phi) is 11.8. The van der Waals surface area contributed by atoms with E-state index in [9.17, 15) is 45.6 Å². The molecule has 56 heavy (non-hydrogen) atoms. The number of methoxy groups -OCH3 is 1. The van der Waals surface area contributed by atoms with Gasteiger partial charge in [-0.1, -0.05) is 32.0 Å². The quantitative estimate of drug-likeness (QED) is 0.128. The topological polar surface area (TPSA) is 234 Å². The highest BCUT2D eigenvalue weighted by Crippen LogP contribution is 2.71. The van der Waals surface area contributed by atoms with Crippen LogP contribution in [0.1, 0.15) is 89.4 Å². The zero-order valence-corrected chi connectivity index (χ0v) is 32.9. The Balaban J connectivity index is 1.01. The molecule has 4 saturated carbocycles. The van der Waals surface area contributed by atoms with Crippen molar-refractivity contribution in [3.63, 3.8) is 0 Å². The van der Waals surface area contributed by atoms with Gasteiger partial charge in [0.05, 0.1) is 36.1 Å². The molecule has 7 rings (SSSR count). The van der Waals surface area contributed by atoms with Gasteiger partial charge in [-0.05, 0) is 94.6 Å². The van der Waals surface area contributed by atoms with Crippen molar-refractivity contribution in [1.29, 1.82) is 0 Å². The molecule has 2 heterocycles. The number of hydrogen-bond donors (Lipinski definition) is 8. The van der Waals surface area contributed by atoms with Gasteiger partial charge in [-0.2, -0.15) is 0 Å². The number of aliphatic hydroxyl groups is 8. The van der Waals surface area contributed by atoms with Crippen LogP contribution in [0, 0.1) is 28.6 Å². The van der Waals surface area contributed by atoms with Gasteiger partial charge in [-0.15, -0.1) is 0 Å².